The number of thioether (sulfide) groups is 1. The quantitative estimate of drug-likeness (QED) is 0.555. The predicted octanol–water partition coefficient (Wildman–Crippen LogP) is 2.37. The van der Waals surface area contributed by atoms with Crippen molar-refractivity contribution >= 4 is 23.6 Å². The van der Waals surface area contributed by atoms with E-state index in [1.165, 1.54) is 12.8 Å². The first-order valence-corrected chi connectivity index (χ1v) is 5.93. The molecule has 0 unspecified atom stereocenters. The lowest BCUT2D eigenvalue weighted by molar-refractivity contribution is 0.121. The number of nitrogens with zero attached hydrogens (tertiary/aromatic N) is 1. The molecule has 1 aromatic carbocycles. The van der Waals surface area contributed by atoms with Crippen molar-refractivity contribution in [3.63, 3.8) is 0 Å². The largest absolute Gasteiger partial charge is 0.513 e. The highest BCUT2D eigenvalue weighted by molar-refractivity contribution is 7.99. The van der Waals surface area contributed by atoms with Gasteiger partial charge >= 0.3 is 6.16 Å². The standard InChI is InChI=1S/C11H13NO3S/c1-12-5-6-16-10-7-8(3-4-9(10)12)15-11(13)14-2/h3-4,7H,5-6H2,1-2H3. The zero-order chi connectivity index (χ0) is 11.5. The van der Waals surface area contributed by atoms with Gasteiger partial charge in [0.1, 0.15) is 5.75 Å². The van der Waals surface area contributed by atoms with Crippen LogP contribution < -0.4 is 9.64 Å². The Morgan fingerprint density at radius 2 is 2.31 bits per heavy atom. The molecule has 0 atom stereocenters. The molecule has 0 aromatic heterocycles. The van der Waals surface area contributed by atoms with E-state index in [1.807, 2.05) is 12.1 Å². The average Bonchev–Trinajstić information content (AvgIpc) is 2.29. The van der Waals surface area contributed by atoms with Gasteiger partial charge in [0.2, 0.25) is 0 Å². The van der Waals surface area contributed by atoms with Gasteiger partial charge < -0.3 is 14.4 Å². The number of fused-ring (bicyclic) bond motifs is 1. The van der Waals surface area contributed by atoms with E-state index >= 15 is 0 Å². The molecule has 2 rings (SSSR count). The van der Waals surface area contributed by atoms with Crippen LogP contribution in [0, 0.1) is 0 Å². The molecule has 0 N–H and O–H groups in total. The minimum atomic E-state index is -0.686. The van der Waals surface area contributed by atoms with Crippen LogP contribution in [0.25, 0.3) is 0 Å². The average molecular weight is 239 g/mol. The summed E-state index contributed by atoms with van der Waals surface area (Å²) in [4.78, 5) is 14.3. The summed E-state index contributed by atoms with van der Waals surface area (Å²) in [6, 6.07) is 5.60. The summed E-state index contributed by atoms with van der Waals surface area (Å²) < 4.78 is 9.41. The fourth-order valence-corrected chi connectivity index (χ4v) is 2.70. The lowest BCUT2D eigenvalue weighted by Crippen LogP contribution is -2.24. The minimum absolute atomic E-state index is 0.522. The molecular formula is C11H13NO3S. The zero-order valence-electron chi connectivity index (χ0n) is 9.23. The monoisotopic (exact) mass is 239 g/mol. The molecular weight excluding hydrogens is 226 g/mol. The molecule has 5 heteroatoms. The summed E-state index contributed by atoms with van der Waals surface area (Å²) in [5, 5.41) is 0. The molecule has 0 bridgehead atoms. The smallest absolute Gasteiger partial charge is 0.437 e. The van der Waals surface area contributed by atoms with Gasteiger partial charge in [-0.25, -0.2) is 4.79 Å². The number of anilines is 1. The first-order valence-electron chi connectivity index (χ1n) is 4.94. The number of carbonyl (C=O) groups excluding carboxylic acids is 1. The second-order valence-corrected chi connectivity index (χ2v) is 4.59. The van der Waals surface area contributed by atoms with E-state index in [1.54, 1.807) is 17.8 Å². The van der Waals surface area contributed by atoms with Gasteiger partial charge in [-0.15, -0.1) is 11.8 Å². The number of hydrogen-bond donors (Lipinski definition) is 0. The van der Waals surface area contributed by atoms with Crippen LogP contribution >= 0.6 is 11.8 Å². The lowest BCUT2D eigenvalue weighted by Gasteiger charge is -2.26. The Labute approximate surface area is 98.5 Å². The Morgan fingerprint density at radius 1 is 1.50 bits per heavy atom. The maximum absolute atomic E-state index is 11.0. The van der Waals surface area contributed by atoms with E-state index in [0.717, 1.165) is 17.2 Å². The number of benzene rings is 1. The molecule has 16 heavy (non-hydrogen) atoms. The van der Waals surface area contributed by atoms with Crippen molar-refractivity contribution in [3.05, 3.63) is 18.2 Å². The van der Waals surface area contributed by atoms with Crippen LogP contribution in [-0.4, -0.2) is 32.6 Å². The van der Waals surface area contributed by atoms with E-state index in [9.17, 15) is 4.79 Å². The summed E-state index contributed by atoms with van der Waals surface area (Å²) in [6.07, 6.45) is -0.686. The third-order valence-electron chi connectivity index (χ3n) is 2.39. The van der Waals surface area contributed by atoms with Gasteiger partial charge in [-0.05, 0) is 18.2 Å². The Kier molecular flexibility index (Phi) is 3.24. The summed E-state index contributed by atoms with van der Waals surface area (Å²) in [6.45, 7) is 1.04. The molecule has 0 aliphatic carbocycles. The van der Waals surface area contributed by atoms with Gasteiger partial charge in [0.15, 0.2) is 0 Å². The van der Waals surface area contributed by atoms with Gasteiger partial charge in [0, 0.05) is 24.2 Å². The van der Waals surface area contributed by atoms with E-state index in [2.05, 4.69) is 16.7 Å². The lowest BCUT2D eigenvalue weighted by atomic mass is 10.2. The number of ether oxygens (including phenoxy) is 2. The number of rotatable bonds is 1. The SMILES string of the molecule is COC(=O)Oc1ccc2c(c1)SCCN2C. The summed E-state index contributed by atoms with van der Waals surface area (Å²) >= 11 is 1.77. The number of methoxy groups -OCH3 is 1. The molecule has 4 nitrogen and oxygen atoms in total. The molecule has 86 valence electrons. The Balaban J connectivity index is 2.21. The van der Waals surface area contributed by atoms with Gasteiger partial charge in [-0.1, -0.05) is 0 Å². The maximum atomic E-state index is 11.0. The van der Waals surface area contributed by atoms with Crippen molar-refractivity contribution < 1.29 is 14.3 Å². The Morgan fingerprint density at radius 3 is 3.06 bits per heavy atom. The fourth-order valence-electron chi connectivity index (χ4n) is 1.54. The van der Waals surface area contributed by atoms with Crippen LogP contribution in [0.4, 0.5) is 10.5 Å². The molecule has 0 fully saturated rings. The first-order chi connectivity index (χ1) is 7.70. The summed E-state index contributed by atoms with van der Waals surface area (Å²) in [5.74, 6) is 1.57. The third-order valence-corrected chi connectivity index (χ3v) is 3.42. The van der Waals surface area contributed by atoms with Crippen molar-refractivity contribution in [2.45, 2.75) is 4.90 Å². The molecule has 1 heterocycles. The van der Waals surface area contributed by atoms with Crippen molar-refractivity contribution in [2.24, 2.45) is 0 Å². The van der Waals surface area contributed by atoms with Gasteiger partial charge in [-0.2, -0.15) is 0 Å². The molecule has 0 saturated carbocycles. The molecule has 0 saturated heterocycles. The molecule has 0 spiro atoms. The van der Waals surface area contributed by atoms with E-state index in [4.69, 9.17) is 4.74 Å². The third kappa shape index (κ3) is 2.24. The highest BCUT2D eigenvalue weighted by Gasteiger charge is 2.15. The van der Waals surface area contributed by atoms with Gasteiger partial charge in [-0.3, -0.25) is 0 Å². The van der Waals surface area contributed by atoms with E-state index in [-0.39, 0.29) is 0 Å². The second kappa shape index (κ2) is 4.65. The van der Waals surface area contributed by atoms with Crippen molar-refractivity contribution in [3.8, 4) is 5.75 Å². The molecule has 0 amide bonds. The van der Waals surface area contributed by atoms with Gasteiger partial charge in [0.25, 0.3) is 0 Å². The topological polar surface area (TPSA) is 38.8 Å². The Bertz CT molecular complexity index is 408. The van der Waals surface area contributed by atoms with E-state index < -0.39 is 6.16 Å². The highest BCUT2D eigenvalue weighted by atomic mass is 32.2. The van der Waals surface area contributed by atoms with Crippen molar-refractivity contribution in [1.82, 2.24) is 0 Å². The van der Waals surface area contributed by atoms with Crippen LogP contribution in [-0.2, 0) is 4.74 Å². The highest BCUT2D eigenvalue weighted by Crippen LogP contribution is 2.36. The summed E-state index contributed by atoms with van der Waals surface area (Å²) in [7, 11) is 3.35. The minimum Gasteiger partial charge on any atom is -0.437 e. The normalized spacial score (nSPS) is 14.2. The van der Waals surface area contributed by atoms with Crippen LogP contribution in [0.15, 0.2) is 23.1 Å². The van der Waals surface area contributed by atoms with Crippen LogP contribution in [0.2, 0.25) is 0 Å². The van der Waals surface area contributed by atoms with E-state index in [0.29, 0.717) is 5.75 Å². The van der Waals surface area contributed by atoms with Crippen LogP contribution in [0.5, 0.6) is 5.75 Å². The van der Waals surface area contributed by atoms with Crippen molar-refractivity contribution in [2.75, 3.05) is 31.4 Å². The number of hydrogen-bond acceptors (Lipinski definition) is 5. The second-order valence-electron chi connectivity index (χ2n) is 3.46. The summed E-state index contributed by atoms with van der Waals surface area (Å²) in [5.41, 5.74) is 1.17. The van der Waals surface area contributed by atoms with Crippen molar-refractivity contribution in [1.29, 1.82) is 0 Å². The molecule has 1 aliphatic heterocycles. The maximum Gasteiger partial charge on any atom is 0.513 e. The van der Waals surface area contributed by atoms with Crippen LogP contribution in [0.3, 0.4) is 0 Å². The zero-order valence-corrected chi connectivity index (χ0v) is 10.0. The Hall–Kier alpha value is -1.36. The number of carbonyl (C=O) groups is 1. The molecule has 0 radical (unpaired) electrons. The van der Waals surface area contributed by atoms with Crippen LogP contribution in [0.1, 0.15) is 0 Å². The fraction of sp³-hybridized carbons (Fsp3) is 0.364. The molecule has 1 aliphatic rings. The van der Waals surface area contributed by atoms with Gasteiger partial charge in [0.05, 0.1) is 12.8 Å². The first kappa shape index (κ1) is 11.1. The predicted molar refractivity (Wildman–Crippen MR) is 63.5 cm³/mol. The molecule has 1 aromatic rings.